The Kier molecular flexibility index (Phi) is 2.41. The third-order valence-corrected chi connectivity index (χ3v) is 4.13. The van der Waals surface area contributed by atoms with Crippen molar-refractivity contribution in [1.82, 2.24) is 9.38 Å². The SMILES string of the molecule is CC(C)(C)c1cnc2c3ccccc3c3ccccc3n12. The van der Waals surface area contributed by atoms with E-state index < -0.39 is 0 Å². The number of imidazole rings is 1. The normalized spacial score (nSPS) is 12.5. The van der Waals surface area contributed by atoms with Gasteiger partial charge in [0, 0.05) is 28.1 Å². The van der Waals surface area contributed by atoms with Crippen molar-refractivity contribution in [3.63, 3.8) is 0 Å². The van der Waals surface area contributed by atoms with Gasteiger partial charge >= 0.3 is 0 Å². The number of para-hydroxylation sites is 1. The second-order valence-electron chi connectivity index (χ2n) is 6.62. The average molecular weight is 274 g/mol. The summed E-state index contributed by atoms with van der Waals surface area (Å²) >= 11 is 0. The van der Waals surface area contributed by atoms with Crippen LogP contribution in [0.2, 0.25) is 0 Å². The maximum absolute atomic E-state index is 4.73. The maximum atomic E-state index is 4.73. The summed E-state index contributed by atoms with van der Waals surface area (Å²) in [6, 6.07) is 17.1. The van der Waals surface area contributed by atoms with Gasteiger partial charge in [-0.15, -0.1) is 0 Å². The minimum absolute atomic E-state index is 0.0602. The molecule has 0 radical (unpaired) electrons. The van der Waals surface area contributed by atoms with Crippen molar-refractivity contribution in [2.75, 3.05) is 0 Å². The largest absolute Gasteiger partial charge is 0.296 e. The summed E-state index contributed by atoms with van der Waals surface area (Å²) in [6.45, 7) is 6.71. The van der Waals surface area contributed by atoms with Crippen LogP contribution in [0.15, 0.2) is 54.7 Å². The van der Waals surface area contributed by atoms with Crippen LogP contribution in [0.25, 0.3) is 27.3 Å². The minimum Gasteiger partial charge on any atom is -0.296 e. The molecule has 0 fully saturated rings. The van der Waals surface area contributed by atoms with Crippen molar-refractivity contribution in [2.24, 2.45) is 0 Å². The highest BCUT2D eigenvalue weighted by Gasteiger charge is 2.21. The first-order valence-corrected chi connectivity index (χ1v) is 7.35. The van der Waals surface area contributed by atoms with E-state index in [0.717, 1.165) is 5.65 Å². The number of hydrogen-bond donors (Lipinski definition) is 0. The third-order valence-electron chi connectivity index (χ3n) is 4.13. The molecule has 4 rings (SSSR count). The van der Waals surface area contributed by atoms with Crippen LogP contribution in [0, 0.1) is 0 Å². The molecule has 0 saturated heterocycles. The molecule has 2 nitrogen and oxygen atoms in total. The van der Waals surface area contributed by atoms with Crippen LogP contribution in [-0.2, 0) is 5.41 Å². The molecule has 2 heterocycles. The molecule has 0 aliphatic carbocycles. The minimum atomic E-state index is 0.0602. The zero-order valence-corrected chi connectivity index (χ0v) is 12.6. The molecular weight excluding hydrogens is 256 g/mol. The van der Waals surface area contributed by atoms with Crippen molar-refractivity contribution in [2.45, 2.75) is 26.2 Å². The van der Waals surface area contributed by atoms with Gasteiger partial charge in [0.05, 0.1) is 5.52 Å². The first kappa shape index (κ1) is 12.4. The van der Waals surface area contributed by atoms with Crippen LogP contribution in [0.1, 0.15) is 26.5 Å². The van der Waals surface area contributed by atoms with Gasteiger partial charge in [-0.3, -0.25) is 4.40 Å². The molecule has 2 heteroatoms. The van der Waals surface area contributed by atoms with Crippen LogP contribution in [0.5, 0.6) is 0 Å². The van der Waals surface area contributed by atoms with E-state index in [0.29, 0.717) is 0 Å². The summed E-state index contributed by atoms with van der Waals surface area (Å²) in [5.74, 6) is 0. The Hall–Kier alpha value is -2.35. The van der Waals surface area contributed by atoms with Crippen molar-refractivity contribution in [3.8, 4) is 0 Å². The number of fused-ring (bicyclic) bond motifs is 6. The van der Waals surface area contributed by atoms with Gasteiger partial charge in [0.25, 0.3) is 0 Å². The topological polar surface area (TPSA) is 17.3 Å². The summed E-state index contributed by atoms with van der Waals surface area (Å²) in [5, 5.41) is 3.77. The van der Waals surface area contributed by atoms with Crippen molar-refractivity contribution < 1.29 is 0 Å². The molecule has 2 aromatic heterocycles. The highest BCUT2D eigenvalue weighted by Crippen LogP contribution is 2.33. The Morgan fingerprint density at radius 1 is 0.810 bits per heavy atom. The zero-order chi connectivity index (χ0) is 14.6. The van der Waals surface area contributed by atoms with Gasteiger partial charge in [-0.05, 0) is 11.5 Å². The highest BCUT2D eigenvalue weighted by atomic mass is 15.0. The van der Waals surface area contributed by atoms with E-state index in [9.17, 15) is 0 Å². The van der Waals surface area contributed by atoms with Gasteiger partial charge in [-0.1, -0.05) is 63.2 Å². The van der Waals surface area contributed by atoms with Gasteiger partial charge in [-0.25, -0.2) is 4.98 Å². The van der Waals surface area contributed by atoms with Gasteiger partial charge in [-0.2, -0.15) is 0 Å². The van der Waals surface area contributed by atoms with E-state index in [1.807, 2.05) is 6.20 Å². The van der Waals surface area contributed by atoms with Gasteiger partial charge < -0.3 is 0 Å². The molecule has 104 valence electrons. The summed E-state index contributed by atoms with van der Waals surface area (Å²) in [5.41, 5.74) is 3.59. The second-order valence-corrected chi connectivity index (χ2v) is 6.62. The number of nitrogens with zero attached hydrogens (tertiary/aromatic N) is 2. The molecule has 0 saturated carbocycles. The number of rotatable bonds is 0. The number of pyridine rings is 1. The van der Waals surface area contributed by atoms with Crippen LogP contribution < -0.4 is 0 Å². The van der Waals surface area contributed by atoms with Gasteiger partial charge in [0.2, 0.25) is 0 Å². The fourth-order valence-corrected chi connectivity index (χ4v) is 3.12. The summed E-state index contributed by atoms with van der Waals surface area (Å²) in [6.07, 6.45) is 2.02. The van der Waals surface area contributed by atoms with Gasteiger partial charge in [0.1, 0.15) is 5.65 Å². The second kappa shape index (κ2) is 4.08. The van der Waals surface area contributed by atoms with Crippen molar-refractivity contribution in [1.29, 1.82) is 0 Å². The Morgan fingerprint density at radius 2 is 1.43 bits per heavy atom. The lowest BCUT2D eigenvalue weighted by Gasteiger charge is -2.19. The fraction of sp³-hybridized carbons (Fsp3) is 0.211. The lowest BCUT2D eigenvalue weighted by atomic mass is 9.92. The Labute approximate surface area is 124 Å². The van der Waals surface area contributed by atoms with Crippen LogP contribution in [0.4, 0.5) is 0 Å². The summed E-state index contributed by atoms with van der Waals surface area (Å²) < 4.78 is 2.32. The quantitative estimate of drug-likeness (QED) is 0.415. The van der Waals surface area contributed by atoms with E-state index in [-0.39, 0.29) is 5.41 Å². The third kappa shape index (κ3) is 1.69. The lowest BCUT2D eigenvalue weighted by molar-refractivity contribution is 0.566. The molecule has 0 N–H and O–H groups in total. The van der Waals surface area contributed by atoms with Crippen LogP contribution in [0.3, 0.4) is 0 Å². The predicted molar refractivity (Wildman–Crippen MR) is 88.9 cm³/mol. The molecule has 0 aliphatic rings. The molecule has 0 aliphatic heterocycles. The Morgan fingerprint density at radius 3 is 2.14 bits per heavy atom. The molecule has 0 atom stereocenters. The van der Waals surface area contributed by atoms with E-state index in [2.05, 4.69) is 73.7 Å². The molecule has 0 bridgehead atoms. The first-order chi connectivity index (χ1) is 10.1. The number of hydrogen-bond acceptors (Lipinski definition) is 1. The number of benzene rings is 2. The zero-order valence-electron chi connectivity index (χ0n) is 12.6. The van der Waals surface area contributed by atoms with Gasteiger partial charge in [0.15, 0.2) is 0 Å². The molecular formula is C19H18N2. The average Bonchev–Trinajstić information content (AvgIpc) is 2.93. The lowest BCUT2D eigenvalue weighted by Crippen LogP contribution is -2.14. The van der Waals surface area contributed by atoms with Crippen molar-refractivity contribution >= 4 is 27.3 Å². The van der Waals surface area contributed by atoms with E-state index in [1.54, 1.807) is 0 Å². The smallest absolute Gasteiger partial charge is 0.145 e. The maximum Gasteiger partial charge on any atom is 0.145 e. The molecule has 2 aromatic carbocycles. The molecule has 21 heavy (non-hydrogen) atoms. The highest BCUT2D eigenvalue weighted by molar-refractivity contribution is 6.11. The standard InChI is InChI=1S/C19H18N2/c1-19(2,3)17-12-20-18-15-10-5-4-8-13(15)14-9-6-7-11-16(14)21(17)18/h4-12H,1-3H3. The molecule has 0 unspecified atom stereocenters. The first-order valence-electron chi connectivity index (χ1n) is 7.35. The Balaban J connectivity index is 2.36. The van der Waals surface area contributed by atoms with Crippen LogP contribution >= 0.6 is 0 Å². The monoisotopic (exact) mass is 274 g/mol. The summed E-state index contributed by atoms with van der Waals surface area (Å²) in [7, 11) is 0. The van der Waals surface area contributed by atoms with Crippen molar-refractivity contribution in [3.05, 3.63) is 60.4 Å². The number of aromatic nitrogens is 2. The van der Waals surface area contributed by atoms with E-state index >= 15 is 0 Å². The Bertz CT molecular complexity index is 971. The predicted octanol–water partition coefficient (Wildman–Crippen LogP) is 4.94. The van der Waals surface area contributed by atoms with E-state index in [4.69, 9.17) is 4.98 Å². The molecule has 0 amide bonds. The van der Waals surface area contributed by atoms with E-state index in [1.165, 1.54) is 27.4 Å². The molecule has 0 spiro atoms. The molecule has 4 aromatic rings. The van der Waals surface area contributed by atoms with Crippen LogP contribution in [-0.4, -0.2) is 9.38 Å². The fourth-order valence-electron chi connectivity index (χ4n) is 3.12. The summed E-state index contributed by atoms with van der Waals surface area (Å²) in [4.78, 5) is 4.73.